The van der Waals surface area contributed by atoms with Gasteiger partial charge < -0.3 is 29.1 Å². The summed E-state index contributed by atoms with van der Waals surface area (Å²) in [6.07, 6.45) is 4.03. The first kappa shape index (κ1) is 13.0. The molecule has 0 bridgehead atoms. The van der Waals surface area contributed by atoms with Gasteiger partial charge in [-0.3, -0.25) is 0 Å². The molecular formula is C13H14INO. The van der Waals surface area contributed by atoms with Gasteiger partial charge in [-0.2, -0.15) is 0 Å². The van der Waals surface area contributed by atoms with E-state index in [0.717, 1.165) is 11.1 Å². The topological polar surface area (TPSA) is 24.1 Å². The lowest BCUT2D eigenvalue weighted by atomic mass is 10.0. The van der Waals surface area contributed by atoms with Gasteiger partial charge in [0.15, 0.2) is 12.4 Å². The van der Waals surface area contributed by atoms with E-state index in [1.54, 1.807) is 12.1 Å². The Morgan fingerprint density at radius 1 is 1.06 bits per heavy atom. The number of halogens is 1. The van der Waals surface area contributed by atoms with E-state index in [2.05, 4.69) is 12.1 Å². The maximum absolute atomic E-state index is 9.32. The molecule has 0 unspecified atom stereocenters. The number of phenols is 1. The van der Waals surface area contributed by atoms with Crippen molar-refractivity contribution in [2.24, 2.45) is 7.05 Å². The van der Waals surface area contributed by atoms with Crippen molar-refractivity contribution in [3.05, 3.63) is 48.3 Å². The quantitative estimate of drug-likeness (QED) is 0.538. The number of rotatable bonds is 1. The van der Waals surface area contributed by atoms with Gasteiger partial charge in [0.1, 0.15) is 12.8 Å². The highest BCUT2D eigenvalue weighted by atomic mass is 127. The van der Waals surface area contributed by atoms with E-state index >= 15 is 0 Å². The number of pyridine rings is 1. The Kier molecular flexibility index (Phi) is 4.29. The Labute approximate surface area is 113 Å². The van der Waals surface area contributed by atoms with Crippen molar-refractivity contribution in [2.45, 2.75) is 6.92 Å². The van der Waals surface area contributed by atoms with E-state index in [1.165, 1.54) is 5.56 Å². The largest absolute Gasteiger partial charge is 1.00 e. The fourth-order valence-electron chi connectivity index (χ4n) is 1.65. The zero-order valence-corrected chi connectivity index (χ0v) is 11.5. The molecule has 1 aromatic heterocycles. The molecule has 2 nitrogen and oxygen atoms in total. The van der Waals surface area contributed by atoms with Gasteiger partial charge in [-0.1, -0.05) is 6.07 Å². The standard InChI is InChI=1S/C13H13NO.HI/c1-10-9-12(15)3-4-13(10)11-5-7-14(2)8-6-11;/h3-9H,1-2H3;1H. The summed E-state index contributed by atoms with van der Waals surface area (Å²) in [5.41, 5.74) is 3.42. The molecule has 16 heavy (non-hydrogen) atoms. The normalized spacial score (nSPS) is 9.62. The third-order valence-electron chi connectivity index (χ3n) is 2.50. The van der Waals surface area contributed by atoms with Crippen molar-refractivity contribution in [2.75, 3.05) is 0 Å². The van der Waals surface area contributed by atoms with Crippen LogP contribution >= 0.6 is 0 Å². The highest BCUT2D eigenvalue weighted by Crippen LogP contribution is 2.25. The van der Waals surface area contributed by atoms with Gasteiger partial charge >= 0.3 is 0 Å². The summed E-state index contributed by atoms with van der Waals surface area (Å²) >= 11 is 0. The van der Waals surface area contributed by atoms with Crippen LogP contribution in [0.15, 0.2) is 42.7 Å². The number of aryl methyl sites for hydroxylation is 2. The van der Waals surface area contributed by atoms with E-state index in [1.807, 2.05) is 37.0 Å². The van der Waals surface area contributed by atoms with Crippen molar-refractivity contribution in [1.29, 1.82) is 0 Å². The van der Waals surface area contributed by atoms with Crippen LogP contribution in [0.25, 0.3) is 11.1 Å². The molecule has 1 aromatic carbocycles. The van der Waals surface area contributed by atoms with Gasteiger partial charge in [0.2, 0.25) is 0 Å². The van der Waals surface area contributed by atoms with Crippen LogP contribution in [0.3, 0.4) is 0 Å². The molecule has 0 aliphatic heterocycles. The Balaban J connectivity index is 0.00000128. The van der Waals surface area contributed by atoms with Gasteiger partial charge in [-0.25, -0.2) is 4.57 Å². The Hall–Kier alpha value is -1.10. The van der Waals surface area contributed by atoms with Crippen molar-refractivity contribution < 1.29 is 33.7 Å². The number of aromatic nitrogens is 1. The molecule has 0 saturated heterocycles. The van der Waals surface area contributed by atoms with Gasteiger partial charge in [0.05, 0.1) is 0 Å². The molecule has 0 aliphatic rings. The molecule has 0 fully saturated rings. The molecule has 1 heterocycles. The van der Waals surface area contributed by atoms with Crippen LogP contribution in [0, 0.1) is 6.92 Å². The van der Waals surface area contributed by atoms with Gasteiger partial charge in [-0.05, 0) is 35.7 Å². The fraction of sp³-hybridized carbons (Fsp3) is 0.154. The van der Waals surface area contributed by atoms with E-state index in [4.69, 9.17) is 0 Å². The zero-order valence-electron chi connectivity index (χ0n) is 9.31. The van der Waals surface area contributed by atoms with Crippen LogP contribution in [-0.2, 0) is 7.05 Å². The van der Waals surface area contributed by atoms with Gasteiger partial charge in [0, 0.05) is 12.1 Å². The fourth-order valence-corrected chi connectivity index (χ4v) is 1.65. The van der Waals surface area contributed by atoms with E-state index in [9.17, 15) is 5.11 Å². The maximum Gasteiger partial charge on any atom is 0.169 e. The van der Waals surface area contributed by atoms with Crippen LogP contribution in [0.5, 0.6) is 5.75 Å². The number of hydrogen-bond acceptors (Lipinski definition) is 1. The highest BCUT2D eigenvalue weighted by Gasteiger charge is 2.03. The molecule has 1 N–H and O–H groups in total. The first-order valence-corrected chi connectivity index (χ1v) is 4.92. The van der Waals surface area contributed by atoms with E-state index in [0.29, 0.717) is 5.75 Å². The maximum atomic E-state index is 9.32. The first-order chi connectivity index (χ1) is 7.16. The number of aromatic hydroxyl groups is 1. The molecule has 84 valence electrons. The number of benzene rings is 1. The van der Waals surface area contributed by atoms with Gasteiger partial charge in [-0.15, -0.1) is 0 Å². The lowest BCUT2D eigenvalue weighted by Gasteiger charge is -2.05. The number of hydrogen-bond donors (Lipinski definition) is 1. The lowest BCUT2D eigenvalue weighted by Crippen LogP contribution is -3.00. The van der Waals surface area contributed by atoms with E-state index in [-0.39, 0.29) is 24.0 Å². The predicted octanol–water partition coefficient (Wildman–Crippen LogP) is -0.804. The summed E-state index contributed by atoms with van der Waals surface area (Å²) in [6, 6.07) is 9.58. The van der Waals surface area contributed by atoms with Crippen LogP contribution in [0.1, 0.15) is 5.56 Å². The molecule has 0 radical (unpaired) electrons. The van der Waals surface area contributed by atoms with Crippen LogP contribution < -0.4 is 28.5 Å². The lowest BCUT2D eigenvalue weighted by molar-refractivity contribution is -0.671. The van der Waals surface area contributed by atoms with Gasteiger partial charge in [0.25, 0.3) is 0 Å². The van der Waals surface area contributed by atoms with E-state index < -0.39 is 0 Å². The molecule has 0 aliphatic carbocycles. The summed E-state index contributed by atoms with van der Waals surface area (Å²) in [6.45, 7) is 2.00. The monoisotopic (exact) mass is 327 g/mol. The van der Waals surface area contributed by atoms with Crippen LogP contribution in [0.4, 0.5) is 0 Å². The third kappa shape index (κ3) is 2.72. The van der Waals surface area contributed by atoms with Crippen LogP contribution in [0.2, 0.25) is 0 Å². The molecule has 3 heteroatoms. The average Bonchev–Trinajstić information content (AvgIpc) is 2.20. The second-order valence-electron chi connectivity index (χ2n) is 3.75. The first-order valence-electron chi connectivity index (χ1n) is 4.92. The zero-order chi connectivity index (χ0) is 10.8. The summed E-state index contributed by atoms with van der Waals surface area (Å²) in [7, 11) is 1.99. The number of phenolic OH excluding ortho intramolecular Hbond substituents is 1. The molecule has 2 aromatic rings. The second-order valence-corrected chi connectivity index (χ2v) is 3.75. The minimum Gasteiger partial charge on any atom is -1.00 e. The van der Waals surface area contributed by atoms with Crippen molar-refractivity contribution in [1.82, 2.24) is 0 Å². The smallest absolute Gasteiger partial charge is 0.169 e. The molecular weight excluding hydrogens is 313 g/mol. The second kappa shape index (κ2) is 5.30. The molecule has 0 spiro atoms. The van der Waals surface area contributed by atoms with Crippen molar-refractivity contribution in [3.63, 3.8) is 0 Å². The molecule has 2 rings (SSSR count). The van der Waals surface area contributed by atoms with Crippen molar-refractivity contribution in [3.8, 4) is 16.9 Å². The summed E-state index contributed by atoms with van der Waals surface area (Å²) in [5, 5.41) is 9.32. The molecule has 0 saturated carbocycles. The number of nitrogens with zero attached hydrogens (tertiary/aromatic N) is 1. The van der Waals surface area contributed by atoms with Crippen molar-refractivity contribution >= 4 is 0 Å². The summed E-state index contributed by atoms with van der Waals surface area (Å²) in [4.78, 5) is 0. The minimum absolute atomic E-state index is 0. The summed E-state index contributed by atoms with van der Waals surface area (Å²) < 4.78 is 2.00. The molecule has 0 amide bonds. The highest BCUT2D eigenvalue weighted by molar-refractivity contribution is 5.67. The Bertz CT molecular complexity index is 480. The molecule has 0 atom stereocenters. The SMILES string of the molecule is Cc1cc(O)ccc1-c1cc[n+](C)cc1.[I-]. The minimum atomic E-state index is 0. The predicted molar refractivity (Wildman–Crippen MR) is 59.5 cm³/mol. The summed E-state index contributed by atoms with van der Waals surface area (Å²) in [5.74, 6) is 0.317. The Morgan fingerprint density at radius 3 is 2.25 bits per heavy atom. The third-order valence-corrected chi connectivity index (χ3v) is 2.50. The average molecular weight is 327 g/mol. The van der Waals surface area contributed by atoms with Crippen LogP contribution in [-0.4, -0.2) is 5.11 Å². The Morgan fingerprint density at radius 2 is 1.69 bits per heavy atom.